The van der Waals surface area contributed by atoms with Crippen molar-refractivity contribution in [3.63, 3.8) is 0 Å². The summed E-state index contributed by atoms with van der Waals surface area (Å²) in [7, 11) is 1.19. The number of alkyl carbamates (subject to hydrolysis) is 1. The van der Waals surface area contributed by atoms with Crippen LogP contribution in [0.1, 0.15) is 40.0 Å². The molecular formula is C14H23F2NO4. The fourth-order valence-electron chi connectivity index (χ4n) is 2.36. The van der Waals surface area contributed by atoms with Gasteiger partial charge >= 0.3 is 12.1 Å². The van der Waals surface area contributed by atoms with Gasteiger partial charge in [-0.05, 0) is 46.0 Å². The Morgan fingerprint density at radius 1 is 1.24 bits per heavy atom. The van der Waals surface area contributed by atoms with E-state index in [-0.39, 0.29) is 25.2 Å². The molecule has 0 aromatic carbocycles. The van der Waals surface area contributed by atoms with Crippen LogP contribution in [0, 0.1) is 5.92 Å². The normalized spacial score (nSPS) is 27.0. The Balaban J connectivity index is 2.60. The van der Waals surface area contributed by atoms with Gasteiger partial charge in [-0.25, -0.2) is 18.4 Å². The molecule has 1 N–H and O–H groups in total. The lowest BCUT2D eigenvalue weighted by Crippen LogP contribution is -2.44. The standard InChI is InChI=1S/C14H23F2NO4/c1-14(2,3)21-13(19)17-11(12(18)20-4)7-8-5-9(15)10(16)6-8/h8-11H,5-7H2,1-4H3,(H,17,19)/t8?,9-,10+,11-/m1/s1. The van der Waals surface area contributed by atoms with E-state index in [0.717, 1.165) is 0 Å². The molecular weight excluding hydrogens is 284 g/mol. The van der Waals surface area contributed by atoms with Crippen molar-refractivity contribution in [3.8, 4) is 0 Å². The molecule has 1 unspecified atom stereocenters. The third kappa shape index (κ3) is 5.85. The molecule has 1 fully saturated rings. The summed E-state index contributed by atoms with van der Waals surface area (Å²) < 4.78 is 36.0. The highest BCUT2D eigenvalue weighted by Crippen LogP contribution is 2.33. The van der Waals surface area contributed by atoms with Gasteiger partial charge in [0, 0.05) is 0 Å². The van der Waals surface area contributed by atoms with E-state index >= 15 is 0 Å². The number of nitrogens with one attached hydrogen (secondary N) is 1. The Hall–Kier alpha value is -1.40. The van der Waals surface area contributed by atoms with Crippen LogP contribution >= 0.6 is 0 Å². The second-order valence-corrected chi connectivity index (χ2v) is 6.33. The predicted molar refractivity (Wildman–Crippen MR) is 72.3 cm³/mol. The van der Waals surface area contributed by atoms with Crippen molar-refractivity contribution >= 4 is 12.1 Å². The second-order valence-electron chi connectivity index (χ2n) is 6.33. The maximum atomic E-state index is 13.2. The summed E-state index contributed by atoms with van der Waals surface area (Å²) in [5, 5.41) is 2.40. The minimum absolute atomic E-state index is 0.0463. The molecule has 0 saturated heterocycles. The quantitative estimate of drug-likeness (QED) is 0.811. The molecule has 0 aromatic heterocycles. The van der Waals surface area contributed by atoms with Crippen LogP contribution in [0.5, 0.6) is 0 Å². The van der Waals surface area contributed by atoms with Crippen LogP contribution in [0.4, 0.5) is 13.6 Å². The monoisotopic (exact) mass is 307 g/mol. The average molecular weight is 307 g/mol. The van der Waals surface area contributed by atoms with Crippen LogP contribution in [-0.4, -0.2) is 43.2 Å². The number of halogens is 2. The SMILES string of the molecule is COC(=O)[C@@H](CC1C[C@@H](F)[C@@H](F)C1)NC(=O)OC(C)(C)C. The lowest BCUT2D eigenvalue weighted by atomic mass is 9.98. The van der Waals surface area contributed by atoms with Gasteiger partial charge in [0.2, 0.25) is 0 Å². The zero-order valence-electron chi connectivity index (χ0n) is 12.8. The van der Waals surface area contributed by atoms with Crippen molar-refractivity contribution < 1.29 is 27.8 Å². The molecule has 0 spiro atoms. The van der Waals surface area contributed by atoms with Crippen molar-refractivity contribution in [2.45, 2.75) is 64.0 Å². The highest BCUT2D eigenvalue weighted by molar-refractivity contribution is 5.81. The molecule has 1 saturated carbocycles. The Bertz CT molecular complexity index is 374. The molecule has 0 bridgehead atoms. The molecule has 0 radical (unpaired) electrons. The largest absolute Gasteiger partial charge is 0.467 e. The average Bonchev–Trinajstić information content (AvgIpc) is 2.64. The number of rotatable bonds is 4. The number of hydrogen-bond acceptors (Lipinski definition) is 4. The van der Waals surface area contributed by atoms with E-state index in [2.05, 4.69) is 10.1 Å². The zero-order valence-corrected chi connectivity index (χ0v) is 12.8. The number of carbonyl (C=O) groups is 2. The minimum atomic E-state index is -1.50. The van der Waals surface area contributed by atoms with Crippen molar-refractivity contribution in [2.75, 3.05) is 7.11 Å². The summed E-state index contributed by atoms with van der Waals surface area (Å²) in [6.45, 7) is 5.08. The molecule has 4 atom stereocenters. The minimum Gasteiger partial charge on any atom is -0.467 e. The molecule has 5 nitrogen and oxygen atoms in total. The fourth-order valence-corrected chi connectivity index (χ4v) is 2.36. The van der Waals surface area contributed by atoms with Crippen LogP contribution in [0.3, 0.4) is 0 Å². The fraction of sp³-hybridized carbons (Fsp3) is 0.857. The molecule has 122 valence electrons. The Morgan fingerprint density at radius 2 is 1.76 bits per heavy atom. The number of hydrogen-bond donors (Lipinski definition) is 1. The van der Waals surface area contributed by atoms with Crippen LogP contribution < -0.4 is 5.32 Å². The number of amides is 1. The molecule has 1 amide bonds. The van der Waals surface area contributed by atoms with E-state index in [4.69, 9.17) is 4.74 Å². The second kappa shape index (κ2) is 7.04. The first kappa shape index (κ1) is 17.7. The number of methoxy groups -OCH3 is 1. The molecule has 0 heterocycles. The van der Waals surface area contributed by atoms with E-state index < -0.39 is 36.0 Å². The van der Waals surface area contributed by atoms with Crippen molar-refractivity contribution in [1.29, 1.82) is 0 Å². The highest BCUT2D eigenvalue weighted by Gasteiger charge is 2.37. The van der Waals surface area contributed by atoms with Crippen LogP contribution in [0.2, 0.25) is 0 Å². The van der Waals surface area contributed by atoms with Gasteiger partial charge in [0.05, 0.1) is 7.11 Å². The Morgan fingerprint density at radius 3 is 2.19 bits per heavy atom. The molecule has 1 aliphatic rings. The van der Waals surface area contributed by atoms with Gasteiger partial charge in [0.15, 0.2) is 0 Å². The van der Waals surface area contributed by atoms with E-state index in [1.807, 2.05) is 0 Å². The molecule has 0 aliphatic heterocycles. The summed E-state index contributed by atoms with van der Waals surface area (Å²) >= 11 is 0. The third-order valence-corrected chi connectivity index (χ3v) is 3.26. The van der Waals surface area contributed by atoms with Gasteiger partial charge in [0.25, 0.3) is 0 Å². The lowest BCUT2D eigenvalue weighted by Gasteiger charge is -2.23. The maximum Gasteiger partial charge on any atom is 0.408 e. The van der Waals surface area contributed by atoms with Gasteiger partial charge in [-0.15, -0.1) is 0 Å². The number of alkyl halides is 2. The predicted octanol–water partition coefficient (Wildman–Crippen LogP) is 2.53. The topological polar surface area (TPSA) is 64.6 Å². The summed E-state index contributed by atoms with van der Waals surface area (Å²) in [6.07, 6.45) is -3.55. The van der Waals surface area contributed by atoms with Gasteiger partial charge in [-0.2, -0.15) is 0 Å². The van der Waals surface area contributed by atoms with E-state index in [1.165, 1.54) is 7.11 Å². The first-order chi connectivity index (χ1) is 9.62. The van der Waals surface area contributed by atoms with E-state index in [1.54, 1.807) is 20.8 Å². The number of ether oxygens (including phenoxy) is 2. The van der Waals surface area contributed by atoms with Gasteiger partial charge in [0.1, 0.15) is 24.0 Å². The Kier molecular flexibility index (Phi) is 5.92. The lowest BCUT2D eigenvalue weighted by molar-refractivity contribution is -0.143. The molecule has 1 aliphatic carbocycles. The summed E-state index contributed by atoms with van der Waals surface area (Å²) in [6, 6.07) is -0.965. The maximum absolute atomic E-state index is 13.2. The summed E-state index contributed by atoms with van der Waals surface area (Å²) in [5.41, 5.74) is -0.702. The Labute approximate surface area is 123 Å². The van der Waals surface area contributed by atoms with E-state index in [9.17, 15) is 18.4 Å². The zero-order chi connectivity index (χ0) is 16.2. The van der Waals surface area contributed by atoms with Gasteiger partial charge in [-0.1, -0.05) is 0 Å². The molecule has 1 rings (SSSR count). The first-order valence-electron chi connectivity index (χ1n) is 6.98. The highest BCUT2D eigenvalue weighted by atomic mass is 19.2. The van der Waals surface area contributed by atoms with Crippen molar-refractivity contribution in [3.05, 3.63) is 0 Å². The molecule has 7 heteroatoms. The molecule has 21 heavy (non-hydrogen) atoms. The van der Waals surface area contributed by atoms with Gasteiger partial charge in [-0.3, -0.25) is 0 Å². The van der Waals surface area contributed by atoms with E-state index in [0.29, 0.717) is 0 Å². The third-order valence-electron chi connectivity index (χ3n) is 3.26. The number of carbonyl (C=O) groups excluding carboxylic acids is 2. The van der Waals surface area contributed by atoms with Gasteiger partial charge < -0.3 is 14.8 Å². The van der Waals surface area contributed by atoms with Crippen molar-refractivity contribution in [2.24, 2.45) is 5.92 Å². The summed E-state index contributed by atoms with van der Waals surface area (Å²) in [5.74, 6) is -0.965. The van der Waals surface area contributed by atoms with Crippen LogP contribution in [0.15, 0.2) is 0 Å². The first-order valence-corrected chi connectivity index (χ1v) is 6.98. The van der Waals surface area contributed by atoms with Crippen LogP contribution in [0.25, 0.3) is 0 Å². The smallest absolute Gasteiger partial charge is 0.408 e. The molecule has 0 aromatic rings. The van der Waals surface area contributed by atoms with Crippen molar-refractivity contribution in [1.82, 2.24) is 5.32 Å². The number of esters is 1. The van der Waals surface area contributed by atoms with Crippen LogP contribution in [-0.2, 0) is 14.3 Å². The summed E-state index contributed by atoms with van der Waals surface area (Å²) in [4.78, 5) is 23.4.